The summed E-state index contributed by atoms with van der Waals surface area (Å²) in [5, 5.41) is 12.9. The summed E-state index contributed by atoms with van der Waals surface area (Å²) in [5.41, 5.74) is 0. The molecular weight excluding hydrogens is 244 g/mol. The number of fused-ring (bicyclic) bond motifs is 1. The summed E-state index contributed by atoms with van der Waals surface area (Å²) in [4.78, 5) is 17.3. The van der Waals surface area contributed by atoms with E-state index in [1.54, 1.807) is 11.7 Å². The molecule has 104 valence electrons. The number of carboxylic acid groups (broad SMARTS) is 1. The van der Waals surface area contributed by atoms with Crippen molar-refractivity contribution in [1.82, 2.24) is 14.8 Å². The minimum atomic E-state index is -1.06. The highest BCUT2D eigenvalue weighted by Crippen LogP contribution is 2.37. The molecule has 6 nitrogen and oxygen atoms in total. The number of aryl methyl sites for hydroxylation is 1. The number of piperidine rings is 1. The molecule has 1 aliphatic heterocycles. The molecule has 1 aliphatic carbocycles. The summed E-state index contributed by atoms with van der Waals surface area (Å²) in [6, 6.07) is 0. The number of nitrogens with zero attached hydrogens (tertiary/aromatic N) is 4. The third-order valence-corrected chi connectivity index (χ3v) is 4.51. The third kappa shape index (κ3) is 2.31. The van der Waals surface area contributed by atoms with Gasteiger partial charge < -0.3 is 10.0 Å². The lowest BCUT2D eigenvalue weighted by Crippen LogP contribution is -2.42. The van der Waals surface area contributed by atoms with Crippen LogP contribution in [0.15, 0.2) is 0 Å². The van der Waals surface area contributed by atoms with E-state index in [4.69, 9.17) is 5.11 Å². The van der Waals surface area contributed by atoms with Gasteiger partial charge in [0, 0.05) is 20.1 Å². The van der Waals surface area contributed by atoms with Crippen LogP contribution in [0.4, 0.5) is 5.95 Å². The normalized spacial score (nSPS) is 27.1. The first kappa shape index (κ1) is 12.4. The number of carboxylic acids is 1. The molecule has 0 aromatic carbocycles. The van der Waals surface area contributed by atoms with Crippen LogP contribution in [0.2, 0.25) is 0 Å². The fourth-order valence-electron chi connectivity index (χ4n) is 3.52. The summed E-state index contributed by atoms with van der Waals surface area (Å²) < 4.78 is 1.59. The molecule has 1 N–H and O–H groups in total. The van der Waals surface area contributed by atoms with Crippen molar-refractivity contribution >= 4 is 11.9 Å². The van der Waals surface area contributed by atoms with E-state index in [-0.39, 0.29) is 5.82 Å². The van der Waals surface area contributed by atoms with Crippen molar-refractivity contribution in [3.8, 4) is 0 Å². The van der Waals surface area contributed by atoms with Crippen LogP contribution in [0.25, 0.3) is 0 Å². The quantitative estimate of drug-likeness (QED) is 0.877. The molecule has 2 atom stereocenters. The Morgan fingerprint density at radius 1 is 1.26 bits per heavy atom. The fraction of sp³-hybridized carbons (Fsp3) is 0.769. The van der Waals surface area contributed by atoms with Crippen molar-refractivity contribution in [3.05, 3.63) is 5.82 Å². The summed E-state index contributed by atoms with van der Waals surface area (Å²) in [7, 11) is 1.77. The fourth-order valence-corrected chi connectivity index (χ4v) is 3.52. The van der Waals surface area contributed by atoms with Crippen LogP contribution in [0.3, 0.4) is 0 Å². The number of anilines is 1. The standard InChI is InChI=1S/C13H20N4O2/c1-16-13(14-11(15-16)12(18)19)17-7-6-9-4-2-3-5-10(9)8-17/h9-10H,2-8H2,1H3,(H,18,19)/t9-,10-/m0/s1. The smallest absolute Gasteiger partial charge is 0.375 e. The van der Waals surface area contributed by atoms with Gasteiger partial charge in [0.1, 0.15) is 0 Å². The first-order valence-corrected chi connectivity index (χ1v) is 7.04. The Kier molecular flexibility index (Phi) is 3.16. The van der Waals surface area contributed by atoms with Gasteiger partial charge in [-0.1, -0.05) is 19.3 Å². The topological polar surface area (TPSA) is 71.2 Å². The molecule has 6 heteroatoms. The molecule has 0 radical (unpaired) electrons. The van der Waals surface area contributed by atoms with Crippen LogP contribution in [0.5, 0.6) is 0 Å². The van der Waals surface area contributed by atoms with Gasteiger partial charge in [0.25, 0.3) is 5.82 Å². The molecule has 19 heavy (non-hydrogen) atoms. The Morgan fingerprint density at radius 2 is 2.00 bits per heavy atom. The van der Waals surface area contributed by atoms with Gasteiger partial charge in [0.2, 0.25) is 5.95 Å². The van der Waals surface area contributed by atoms with Crippen molar-refractivity contribution in [3.63, 3.8) is 0 Å². The van der Waals surface area contributed by atoms with Crippen LogP contribution in [-0.2, 0) is 7.05 Å². The highest BCUT2D eigenvalue weighted by Gasteiger charge is 2.33. The molecule has 2 heterocycles. The van der Waals surface area contributed by atoms with E-state index >= 15 is 0 Å². The molecule has 0 bridgehead atoms. The molecule has 1 saturated heterocycles. The maximum atomic E-state index is 10.9. The molecule has 3 rings (SSSR count). The van der Waals surface area contributed by atoms with Gasteiger partial charge in [-0.3, -0.25) is 0 Å². The molecule has 2 aliphatic rings. The SMILES string of the molecule is Cn1nc(C(=O)O)nc1N1CC[C@@H]2CCCC[C@H]2C1. The molecule has 2 fully saturated rings. The second-order valence-electron chi connectivity index (χ2n) is 5.70. The lowest BCUT2D eigenvalue weighted by atomic mass is 9.75. The number of aromatic nitrogens is 3. The number of rotatable bonds is 2. The van der Waals surface area contributed by atoms with Gasteiger partial charge in [-0.15, -0.1) is 5.10 Å². The summed E-state index contributed by atoms with van der Waals surface area (Å²) in [6.07, 6.45) is 6.55. The Morgan fingerprint density at radius 3 is 2.68 bits per heavy atom. The Balaban J connectivity index is 1.77. The van der Waals surface area contributed by atoms with Crippen LogP contribution >= 0.6 is 0 Å². The molecule has 1 saturated carbocycles. The Hall–Kier alpha value is -1.59. The van der Waals surface area contributed by atoms with Crippen molar-refractivity contribution in [2.45, 2.75) is 32.1 Å². The molecule has 0 amide bonds. The first-order chi connectivity index (χ1) is 9.15. The van der Waals surface area contributed by atoms with E-state index in [0.29, 0.717) is 5.95 Å². The second kappa shape index (κ2) is 4.83. The van der Waals surface area contributed by atoms with E-state index in [0.717, 1.165) is 24.9 Å². The molecule has 1 aromatic heterocycles. The maximum absolute atomic E-state index is 10.9. The molecule has 0 unspecified atom stereocenters. The lowest BCUT2D eigenvalue weighted by Gasteiger charge is -2.41. The van der Waals surface area contributed by atoms with E-state index < -0.39 is 5.97 Å². The number of aromatic carboxylic acids is 1. The van der Waals surface area contributed by atoms with Crippen molar-refractivity contribution in [1.29, 1.82) is 0 Å². The zero-order chi connectivity index (χ0) is 13.4. The van der Waals surface area contributed by atoms with E-state index in [9.17, 15) is 4.79 Å². The van der Waals surface area contributed by atoms with Crippen molar-refractivity contribution < 1.29 is 9.90 Å². The van der Waals surface area contributed by atoms with Crippen molar-refractivity contribution in [2.24, 2.45) is 18.9 Å². The molecule has 1 aromatic rings. The summed E-state index contributed by atoms with van der Waals surface area (Å²) in [5.74, 6) is 1.13. The van der Waals surface area contributed by atoms with E-state index in [1.807, 2.05) is 0 Å². The minimum absolute atomic E-state index is 0.108. The summed E-state index contributed by atoms with van der Waals surface area (Å²) >= 11 is 0. The van der Waals surface area contributed by atoms with Crippen LogP contribution in [0, 0.1) is 11.8 Å². The van der Waals surface area contributed by atoms with Gasteiger partial charge >= 0.3 is 5.97 Å². The van der Waals surface area contributed by atoms with Crippen LogP contribution in [-0.4, -0.2) is 38.9 Å². The zero-order valence-corrected chi connectivity index (χ0v) is 11.2. The largest absolute Gasteiger partial charge is 0.475 e. The summed E-state index contributed by atoms with van der Waals surface area (Å²) in [6.45, 7) is 1.96. The predicted molar refractivity (Wildman–Crippen MR) is 70.2 cm³/mol. The number of hydrogen-bond acceptors (Lipinski definition) is 4. The average molecular weight is 264 g/mol. The molecule has 0 spiro atoms. The number of carbonyl (C=O) groups is 1. The van der Waals surface area contributed by atoms with Gasteiger partial charge in [0.05, 0.1) is 0 Å². The van der Waals surface area contributed by atoms with Gasteiger partial charge in [-0.2, -0.15) is 4.98 Å². The minimum Gasteiger partial charge on any atom is -0.475 e. The first-order valence-electron chi connectivity index (χ1n) is 7.04. The number of hydrogen-bond donors (Lipinski definition) is 1. The Labute approximate surface area is 112 Å². The van der Waals surface area contributed by atoms with E-state index in [1.165, 1.54) is 32.1 Å². The van der Waals surface area contributed by atoms with E-state index in [2.05, 4.69) is 15.0 Å². The van der Waals surface area contributed by atoms with Gasteiger partial charge in [0.15, 0.2) is 0 Å². The van der Waals surface area contributed by atoms with Crippen molar-refractivity contribution in [2.75, 3.05) is 18.0 Å². The predicted octanol–water partition coefficient (Wildman–Crippen LogP) is 1.53. The van der Waals surface area contributed by atoms with Gasteiger partial charge in [-0.25, -0.2) is 9.48 Å². The van der Waals surface area contributed by atoms with Crippen LogP contribution < -0.4 is 4.90 Å². The Bertz CT molecular complexity index is 485. The average Bonchev–Trinajstić information content (AvgIpc) is 2.80. The lowest BCUT2D eigenvalue weighted by molar-refractivity contribution is 0.0683. The monoisotopic (exact) mass is 264 g/mol. The third-order valence-electron chi connectivity index (χ3n) is 4.51. The van der Waals surface area contributed by atoms with Gasteiger partial charge in [-0.05, 0) is 24.7 Å². The maximum Gasteiger partial charge on any atom is 0.375 e. The highest BCUT2D eigenvalue weighted by atomic mass is 16.4. The zero-order valence-electron chi connectivity index (χ0n) is 11.2. The highest BCUT2D eigenvalue weighted by molar-refractivity contribution is 5.83. The van der Waals surface area contributed by atoms with Crippen LogP contribution in [0.1, 0.15) is 42.7 Å². The second-order valence-corrected chi connectivity index (χ2v) is 5.70. The molecular formula is C13H20N4O2.